The van der Waals surface area contributed by atoms with E-state index >= 15 is 0 Å². The van der Waals surface area contributed by atoms with Crippen molar-refractivity contribution in [3.63, 3.8) is 0 Å². The maximum absolute atomic E-state index is 12.4. The average molecular weight is 413 g/mol. The van der Waals surface area contributed by atoms with Crippen molar-refractivity contribution in [2.75, 3.05) is 19.5 Å². The van der Waals surface area contributed by atoms with Gasteiger partial charge in [0.1, 0.15) is 6.54 Å². The van der Waals surface area contributed by atoms with Crippen molar-refractivity contribution in [3.8, 4) is 11.5 Å². The third-order valence-corrected chi connectivity index (χ3v) is 4.59. The predicted molar refractivity (Wildman–Crippen MR) is 108 cm³/mol. The lowest BCUT2D eigenvalue weighted by molar-refractivity contribution is -0.116. The van der Waals surface area contributed by atoms with Crippen LogP contribution >= 0.6 is 0 Å². The Bertz CT molecular complexity index is 1090. The number of aryl methyl sites for hydroxylation is 1. The van der Waals surface area contributed by atoms with E-state index in [1.54, 1.807) is 18.9 Å². The van der Waals surface area contributed by atoms with E-state index in [0.717, 1.165) is 11.3 Å². The topological polar surface area (TPSA) is 121 Å². The van der Waals surface area contributed by atoms with Crippen LogP contribution in [-0.4, -0.2) is 50.8 Å². The van der Waals surface area contributed by atoms with Crippen LogP contribution in [-0.2, 0) is 17.9 Å². The number of carboxylic acid groups (broad SMARTS) is 1. The summed E-state index contributed by atoms with van der Waals surface area (Å²) in [5.74, 6) is -0.193. The second-order valence-corrected chi connectivity index (χ2v) is 6.64. The number of hydrogen-bond donors (Lipinski definition) is 2. The van der Waals surface area contributed by atoms with Gasteiger partial charge in [0.25, 0.3) is 0 Å². The van der Waals surface area contributed by atoms with E-state index in [1.165, 1.54) is 16.9 Å². The second-order valence-electron chi connectivity index (χ2n) is 6.64. The summed E-state index contributed by atoms with van der Waals surface area (Å²) in [5.41, 5.74) is 2.94. The number of rotatable bonds is 8. The van der Waals surface area contributed by atoms with Gasteiger partial charge in [-0.1, -0.05) is 6.07 Å². The first-order valence-electron chi connectivity index (χ1n) is 9.14. The van der Waals surface area contributed by atoms with E-state index in [0.29, 0.717) is 29.4 Å². The number of methoxy groups -OCH3 is 2. The van der Waals surface area contributed by atoms with Gasteiger partial charge in [-0.05, 0) is 37.6 Å². The van der Waals surface area contributed by atoms with Crippen molar-refractivity contribution in [2.45, 2.75) is 26.9 Å². The molecular weight excluding hydrogens is 390 g/mol. The van der Waals surface area contributed by atoms with Gasteiger partial charge in [0, 0.05) is 6.20 Å². The van der Waals surface area contributed by atoms with Crippen LogP contribution in [0, 0.1) is 13.8 Å². The summed E-state index contributed by atoms with van der Waals surface area (Å²) in [4.78, 5) is 23.3. The van der Waals surface area contributed by atoms with Gasteiger partial charge in [0.2, 0.25) is 5.91 Å². The summed E-state index contributed by atoms with van der Waals surface area (Å²) < 4.78 is 13.7. The van der Waals surface area contributed by atoms with Crippen LogP contribution < -0.4 is 14.8 Å². The Kier molecular flexibility index (Phi) is 6.05. The van der Waals surface area contributed by atoms with E-state index < -0.39 is 5.97 Å². The SMILES string of the molecule is COc1ccc(Cn2nc(C)c(NC(=O)Cn3ccc(C(=O)O)n3)c2C)cc1OC. The van der Waals surface area contributed by atoms with Gasteiger partial charge < -0.3 is 19.9 Å². The smallest absolute Gasteiger partial charge is 0.356 e. The summed E-state index contributed by atoms with van der Waals surface area (Å²) >= 11 is 0. The molecule has 0 aliphatic rings. The number of benzene rings is 1. The first kappa shape index (κ1) is 20.9. The molecular formula is C20H23N5O5. The molecule has 0 aliphatic heterocycles. The lowest BCUT2D eigenvalue weighted by Gasteiger charge is -2.11. The first-order chi connectivity index (χ1) is 14.3. The number of carbonyl (C=O) groups excluding carboxylic acids is 1. The van der Waals surface area contributed by atoms with Crippen LogP contribution in [0.4, 0.5) is 5.69 Å². The molecule has 1 aromatic carbocycles. The zero-order valence-electron chi connectivity index (χ0n) is 17.2. The highest BCUT2D eigenvalue weighted by atomic mass is 16.5. The highest BCUT2D eigenvalue weighted by Gasteiger charge is 2.16. The van der Waals surface area contributed by atoms with Gasteiger partial charge in [-0.15, -0.1) is 0 Å². The molecule has 0 atom stereocenters. The quantitative estimate of drug-likeness (QED) is 0.580. The molecule has 10 nitrogen and oxygen atoms in total. The zero-order chi connectivity index (χ0) is 21.8. The molecule has 2 aromatic heterocycles. The maximum atomic E-state index is 12.4. The van der Waals surface area contributed by atoms with Crippen LogP contribution in [0.5, 0.6) is 11.5 Å². The molecule has 2 heterocycles. The fourth-order valence-corrected chi connectivity index (χ4v) is 3.07. The van der Waals surface area contributed by atoms with Crippen LogP contribution in [0.15, 0.2) is 30.5 Å². The third kappa shape index (κ3) is 4.43. The van der Waals surface area contributed by atoms with Crippen molar-refractivity contribution in [1.29, 1.82) is 0 Å². The number of nitrogens with one attached hydrogen (secondary N) is 1. The number of amides is 1. The molecule has 30 heavy (non-hydrogen) atoms. The number of carbonyl (C=O) groups is 2. The molecule has 3 rings (SSSR count). The average Bonchev–Trinajstić information content (AvgIpc) is 3.28. The Hall–Kier alpha value is -3.82. The molecule has 0 saturated heterocycles. The summed E-state index contributed by atoms with van der Waals surface area (Å²) in [6.45, 7) is 4.06. The molecule has 0 saturated carbocycles. The summed E-state index contributed by atoms with van der Waals surface area (Å²) in [6, 6.07) is 6.98. The minimum atomic E-state index is -1.14. The van der Waals surface area contributed by atoms with E-state index in [-0.39, 0.29) is 18.1 Å². The van der Waals surface area contributed by atoms with Gasteiger partial charge in [0.15, 0.2) is 17.2 Å². The fraction of sp³-hybridized carbons (Fsp3) is 0.300. The number of aromatic carboxylic acids is 1. The molecule has 0 fully saturated rings. The summed E-state index contributed by atoms with van der Waals surface area (Å²) in [6.07, 6.45) is 1.45. The molecule has 0 aliphatic carbocycles. The fourth-order valence-electron chi connectivity index (χ4n) is 3.07. The van der Waals surface area contributed by atoms with Crippen LogP contribution in [0.3, 0.4) is 0 Å². The molecule has 0 spiro atoms. The molecule has 0 radical (unpaired) electrons. The normalized spacial score (nSPS) is 10.7. The molecule has 10 heteroatoms. The Morgan fingerprint density at radius 2 is 1.83 bits per heavy atom. The molecule has 3 aromatic rings. The predicted octanol–water partition coefficient (Wildman–Crippen LogP) is 2.10. The van der Waals surface area contributed by atoms with Crippen molar-refractivity contribution < 1.29 is 24.2 Å². The van der Waals surface area contributed by atoms with Crippen molar-refractivity contribution >= 4 is 17.6 Å². The lowest BCUT2D eigenvalue weighted by atomic mass is 10.2. The summed E-state index contributed by atoms with van der Waals surface area (Å²) in [5, 5.41) is 20.1. The number of anilines is 1. The molecule has 1 amide bonds. The number of nitrogens with zero attached hydrogens (tertiary/aromatic N) is 4. The van der Waals surface area contributed by atoms with Crippen molar-refractivity contribution in [1.82, 2.24) is 19.6 Å². The van der Waals surface area contributed by atoms with Gasteiger partial charge in [-0.3, -0.25) is 14.2 Å². The Morgan fingerprint density at radius 1 is 1.10 bits per heavy atom. The maximum Gasteiger partial charge on any atom is 0.356 e. The molecule has 0 unspecified atom stereocenters. The highest BCUT2D eigenvalue weighted by Crippen LogP contribution is 2.28. The number of carboxylic acids is 1. The summed E-state index contributed by atoms with van der Waals surface area (Å²) in [7, 11) is 3.16. The van der Waals surface area contributed by atoms with Crippen molar-refractivity contribution in [3.05, 3.63) is 53.1 Å². The third-order valence-electron chi connectivity index (χ3n) is 4.59. The second kappa shape index (κ2) is 8.68. The van der Waals surface area contributed by atoms with Gasteiger partial charge in [-0.2, -0.15) is 10.2 Å². The van der Waals surface area contributed by atoms with E-state index in [4.69, 9.17) is 14.6 Å². The highest BCUT2D eigenvalue weighted by molar-refractivity contribution is 5.92. The molecule has 158 valence electrons. The standard InChI is InChI=1S/C20H23N5O5/c1-12-19(21-18(26)11-24-8-7-15(23-24)20(27)28)13(2)25(22-12)10-14-5-6-16(29-3)17(9-14)30-4/h5-9H,10-11H2,1-4H3,(H,21,26)(H,27,28). The minimum absolute atomic E-state index is 0.104. The molecule has 0 bridgehead atoms. The Morgan fingerprint density at radius 3 is 2.47 bits per heavy atom. The van der Waals surface area contributed by atoms with Gasteiger partial charge >= 0.3 is 5.97 Å². The Balaban J connectivity index is 1.73. The minimum Gasteiger partial charge on any atom is -0.493 e. The number of hydrogen-bond acceptors (Lipinski definition) is 6. The van der Waals surface area contributed by atoms with Crippen LogP contribution in [0.25, 0.3) is 0 Å². The largest absolute Gasteiger partial charge is 0.493 e. The van der Waals surface area contributed by atoms with E-state index in [9.17, 15) is 9.59 Å². The number of ether oxygens (including phenoxy) is 2. The van der Waals surface area contributed by atoms with Gasteiger partial charge in [-0.25, -0.2) is 4.79 Å². The zero-order valence-corrected chi connectivity index (χ0v) is 17.2. The molecule has 2 N–H and O–H groups in total. The monoisotopic (exact) mass is 413 g/mol. The van der Waals surface area contributed by atoms with Gasteiger partial charge in [0.05, 0.1) is 37.8 Å². The number of aromatic nitrogens is 4. The lowest BCUT2D eigenvalue weighted by Crippen LogP contribution is -2.20. The van der Waals surface area contributed by atoms with E-state index in [1.807, 2.05) is 32.0 Å². The van der Waals surface area contributed by atoms with Crippen LogP contribution in [0.2, 0.25) is 0 Å². The first-order valence-corrected chi connectivity index (χ1v) is 9.14. The van der Waals surface area contributed by atoms with E-state index in [2.05, 4.69) is 15.5 Å². The van der Waals surface area contributed by atoms with Crippen molar-refractivity contribution in [2.24, 2.45) is 0 Å². The Labute approximate surface area is 173 Å². The van der Waals surface area contributed by atoms with Crippen LogP contribution in [0.1, 0.15) is 27.4 Å².